The minimum Gasteiger partial charge on any atom is -0.206 e. The zero-order valence-corrected chi connectivity index (χ0v) is 16.4. The van der Waals surface area contributed by atoms with Gasteiger partial charge in [0.25, 0.3) is 0 Å². The molecule has 0 heterocycles. The second-order valence-corrected chi connectivity index (χ2v) is 8.55. The van der Waals surface area contributed by atoms with Gasteiger partial charge in [0, 0.05) is 0 Å². The van der Waals surface area contributed by atoms with Crippen molar-refractivity contribution in [1.82, 2.24) is 0 Å². The number of hydrogen-bond donors (Lipinski definition) is 0. The van der Waals surface area contributed by atoms with Crippen LogP contribution in [0.15, 0.2) is 24.3 Å². The SMILES string of the molecule is C/C=C/CC1CCC(C2CCC(c3cc(F)c(C(F)(F)F)c(F)c3)CC2)CC1. The van der Waals surface area contributed by atoms with Gasteiger partial charge < -0.3 is 0 Å². The Balaban J connectivity index is 1.56. The smallest absolute Gasteiger partial charge is 0.206 e. The van der Waals surface area contributed by atoms with Crippen molar-refractivity contribution >= 4 is 0 Å². The third kappa shape index (κ3) is 4.96. The number of halogens is 5. The van der Waals surface area contributed by atoms with Crippen LogP contribution in [0.5, 0.6) is 0 Å². The van der Waals surface area contributed by atoms with Crippen LogP contribution in [-0.4, -0.2) is 0 Å². The summed E-state index contributed by atoms with van der Waals surface area (Å²) in [6, 6.07) is 1.78. The maximum Gasteiger partial charge on any atom is 0.422 e. The molecule has 2 fully saturated rings. The van der Waals surface area contributed by atoms with Gasteiger partial charge in [-0.1, -0.05) is 12.2 Å². The van der Waals surface area contributed by atoms with Crippen molar-refractivity contribution in [3.05, 3.63) is 47.0 Å². The Bertz CT molecular complexity index is 652. The van der Waals surface area contributed by atoms with Crippen molar-refractivity contribution in [2.75, 3.05) is 0 Å². The molecule has 0 spiro atoms. The van der Waals surface area contributed by atoms with Gasteiger partial charge in [0.05, 0.1) is 0 Å². The molecule has 0 bridgehead atoms. The molecule has 28 heavy (non-hydrogen) atoms. The Morgan fingerprint density at radius 1 is 0.857 bits per heavy atom. The van der Waals surface area contributed by atoms with E-state index in [1.807, 2.05) is 0 Å². The van der Waals surface area contributed by atoms with E-state index in [4.69, 9.17) is 0 Å². The molecule has 2 saturated carbocycles. The van der Waals surface area contributed by atoms with E-state index in [2.05, 4.69) is 19.1 Å². The van der Waals surface area contributed by atoms with Crippen LogP contribution in [0.1, 0.15) is 81.8 Å². The van der Waals surface area contributed by atoms with Gasteiger partial charge in [-0.3, -0.25) is 0 Å². The minimum absolute atomic E-state index is 0.0476. The first-order chi connectivity index (χ1) is 13.3. The lowest BCUT2D eigenvalue weighted by Gasteiger charge is -2.38. The second kappa shape index (κ2) is 8.96. The molecule has 0 nitrogen and oxygen atoms in total. The van der Waals surface area contributed by atoms with E-state index < -0.39 is 23.4 Å². The molecule has 2 aliphatic rings. The van der Waals surface area contributed by atoms with Crippen molar-refractivity contribution in [2.24, 2.45) is 17.8 Å². The average molecular weight is 400 g/mol. The summed E-state index contributed by atoms with van der Waals surface area (Å²) in [5.41, 5.74) is -1.41. The molecule has 1 aromatic carbocycles. The summed E-state index contributed by atoms with van der Waals surface area (Å²) in [5.74, 6) is -0.879. The Morgan fingerprint density at radius 2 is 1.36 bits per heavy atom. The molecule has 0 N–H and O–H groups in total. The van der Waals surface area contributed by atoms with E-state index in [0.717, 1.165) is 49.7 Å². The monoisotopic (exact) mass is 400 g/mol. The zero-order valence-electron chi connectivity index (χ0n) is 16.4. The van der Waals surface area contributed by atoms with Crippen LogP contribution in [-0.2, 0) is 6.18 Å². The minimum atomic E-state index is -5.00. The van der Waals surface area contributed by atoms with Crippen LogP contribution >= 0.6 is 0 Å². The van der Waals surface area contributed by atoms with Gasteiger partial charge in [0.1, 0.15) is 17.2 Å². The highest BCUT2D eigenvalue weighted by atomic mass is 19.4. The van der Waals surface area contributed by atoms with Crippen LogP contribution < -0.4 is 0 Å². The number of benzene rings is 1. The largest absolute Gasteiger partial charge is 0.422 e. The summed E-state index contributed by atoms with van der Waals surface area (Å²) in [6.45, 7) is 2.05. The quantitative estimate of drug-likeness (QED) is 0.354. The Kier molecular flexibility index (Phi) is 6.82. The maximum absolute atomic E-state index is 13.9. The van der Waals surface area contributed by atoms with Gasteiger partial charge in [-0.25, -0.2) is 8.78 Å². The predicted octanol–water partition coefficient (Wildman–Crippen LogP) is 8.03. The van der Waals surface area contributed by atoms with Crippen molar-refractivity contribution in [1.29, 1.82) is 0 Å². The molecule has 2 aliphatic carbocycles. The van der Waals surface area contributed by atoms with Gasteiger partial charge in [-0.2, -0.15) is 13.2 Å². The summed E-state index contributed by atoms with van der Waals surface area (Å²) < 4.78 is 66.0. The fourth-order valence-corrected chi connectivity index (χ4v) is 5.25. The first-order valence-corrected chi connectivity index (χ1v) is 10.5. The van der Waals surface area contributed by atoms with Crippen LogP contribution in [0, 0.1) is 29.4 Å². The number of hydrogen-bond acceptors (Lipinski definition) is 0. The van der Waals surface area contributed by atoms with Crippen LogP contribution in [0.25, 0.3) is 0 Å². The van der Waals surface area contributed by atoms with Gasteiger partial charge in [-0.15, -0.1) is 0 Å². The van der Waals surface area contributed by atoms with Crippen LogP contribution in [0.4, 0.5) is 22.0 Å². The molecule has 0 unspecified atom stereocenters. The summed E-state index contributed by atoms with van der Waals surface area (Å²) in [5, 5.41) is 0. The average Bonchev–Trinajstić information content (AvgIpc) is 2.65. The standard InChI is InChI=1S/C23H29F5/c1-2-3-4-15-5-7-16(8-6-15)17-9-11-18(12-10-17)19-13-20(24)22(21(25)14-19)23(26,27)28/h2-3,13-18H,4-12H2,1H3/b3-2+. The molecular formula is C23H29F5. The molecule has 1 aromatic rings. The lowest BCUT2D eigenvalue weighted by molar-refractivity contribution is -0.142. The van der Waals surface area contributed by atoms with Gasteiger partial charge in [-0.05, 0) is 106 Å². The summed E-state index contributed by atoms with van der Waals surface area (Å²) in [6.07, 6.45) is 9.16. The molecule has 0 saturated heterocycles. The number of alkyl halides is 3. The van der Waals surface area contributed by atoms with E-state index in [1.165, 1.54) is 32.1 Å². The Morgan fingerprint density at radius 3 is 1.82 bits per heavy atom. The molecule has 3 rings (SSSR count). The lowest BCUT2D eigenvalue weighted by atomic mass is 9.68. The predicted molar refractivity (Wildman–Crippen MR) is 101 cm³/mol. The highest BCUT2D eigenvalue weighted by Gasteiger charge is 2.39. The molecule has 0 aliphatic heterocycles. The van der Waals surface area contributed by atoms with Crippen molar-refractivity contribution in [2.45, 2.75) is 76.8 Å². The molecule has 0 radical (unpaired) electrons. The van der Waals surface area contributed by atoms with Crippen molar-refractivity contribution < 1.29 is 22.0 Å². The molecule has 0 amide bonds. The van der Waals surface area contributed by atoms with Crippen molar-refractivity contribution in [3.8, 4) is 0 Å². The summed E-state index contributed by atoms with van der Waals surface area (Å²) >= 11 is 0. The van der Waals surface area contributed by atoms with Gasteiger partial charge in [0.15, 0.2) is 0 Å². The third-order valence-corrected chi connectivity index (χ3v) is 6.85. The van der Waals surface area contributed by atoms with Gasteiger partial charge in [0.2, 0.25) is 0 Å². The summed E-state index contributed by atoms with van der Waals surface area (Å²) in [4.78, 5) is 0. The zero-order chi connectivity index (χ0) is 20.3. The fraction of sp³-hybridized carbons (Fsp3) is 0.652. The topological polar surface area (TPSA) is 0 Å². The summed E-state index contributed by atoms with van der Waals surface area (Å²) in [7, 11) is 0. The Labute approximate surface area is 164 Å². The maximum atomic E-state index is 13.9. The fourth-order valence-electron chi connectivity index (χ4n) is 5.25. The molecule has 0 aromatic heterocycles. The lowest BCUT2D eigenvalue weighted by Crippen LogP contribution is -2.25. The highest BCUT2D eigenvalue weighted by molar-refractivity contribution is 5.30. The second-order valence-electron chi connectivity index (χ2n) is 8.55. The van der Waals surface area contributed by atoms with E-state index >= 15 is 0 Å². The van der Waals surface area contributed by atoms with Crippen molar-refractivity contribution in [3.63, 3.8) is 0 Å². The normalized spacial score (nSPS) is 29.4. The van der Waals surface area contributed by atoms with E-state index in [-0.39, 0.29) is 5.92 Å². The molecule has 156 valence electrons. The van der Waals surface area contributed by atoms with E-state index in [9.17, 15) is 22.0 Å². The van der Waals surface area contributed by atoms with Crippen LogP contribution in [0.2, 0.25) is 0 Å². The van der Waals surface area contributed by atoms with Gasteiger partial charge >= 0.3 is 6.18 Å². The highest BCUT2D eigenvalue weighted by Crippen LogP contribution is 2.45. The first kappa shape index (κ1) is 21.3. The Hall–Kier alpha value is -1.39. The van der Waals surface area contributed by atoms with Crippen LogP contribution in [0.3, 0.4) is 0 Å². The third-order valence-electron chi connectivity index (χ3n) is 6.85. The molecule has 5 heteroatoms. The van der Waals surface area contributed by atoms with E-state index in [1.54, 1.807) is 0 Å². The number of rotatable bonds is 4. The first-order valence-electron chi connectivity index (χ1n) is 10.5. The van der Waals surface area contributed by atoms with E-state index in [0.29, 0.717) is 11.5 Å². The molecule has 0 atom stereocenters. The molecular weight excluding hydrogens is 371 g/mol. The number of allylic oxidation sites excluding steroid dienone is 2.